The van der Waals surface area contributed by atoms with Crippen LogP contribution in [0.1, 0.15) is 122 Å². The lowest BCUT2D eigenvalue weighted by molar-refractivity contribution is -0.386. The molecular weight excluding hydrogens is 1650 g/mol. The first kappa shape index (κ1) is 108. The van der Waals surface area contributed by atoms with E-state index in [-0.39, 0.29) is 58.5 Å². The van der Waals surface area contributed by atoms with Gasteiger partial charge in [0.05, 0.1) is 113 Å². The number of aliphatic hydroxyl groups excluding tert-OH is 1. The molecule has 10 N–H and O–H groups in total. The summed E-state index contributed by atoms with van der Waals surface area (Å²) in [6, 6.07) is 37.6. The van der Waals surface area contributed by atoms with Gasteiger partial charge in [-0.05, 0) is 213 Å². The number of hydrogen-bond donors (Lipinski definition) is 9. The van der Waals surface area contributed by atoms with Gasteiger partial charge in [0.15, 0.2) is 0 Å². The summed E-state index contributed by atoms with van der Waals surface area (Å²) >= 11 is 5.37. The number of rotatable bonds is 13. The van der Waals surface area contributed by atoms with Crippen molar-refractivity contribution < 1.29 is 53.2 Å². The van der Waals surface area contributed by atoms with E-state index in [1.165, 1.54) is 66.1 Å². The molecule has 0 fully saturated rings. The second-order valence-corrected chi connectivity index (χ2v) is 28.6. The first-order chi connectivity index (χ1) is 59.0. The SMILES string of the molecule is CC(C#N)c1ncccc1[N+](=O)[O-].CC(C)(C)OC(=O)NCCc1c[nH]c2cccnc12.CC(C)(C)OC(=O)OC(=O)OC(C)(C)C.CCC#N.CN(C)Cc1c[nH]c2cccnc12.CNC.CO.Cl.N#CCc1c[nH]c2cccnc12.N#CCc1ncccc1[N+](=O)[O-].NCCc1c[nH]c2cccnc12.O=[N+]([O-])c1cccnc1Cl.c1cnc2cc[nH]c2c1. The zero-order valence-electron chi connectivity index (χ0n) is 72.3. The number of aromatic amines is 5. The Hall–Kier alpha value is -14.5. The van der Waals surface area contributed by atoms with Crippen molar-refractivity contribution in [3.63, 3.8) is 0 Å². The minimum absolute atomic E-state index is 0. The van der Waals surface area contributed by atoms with Gasteiger partial charge >= 0.3 is 24.1 Å². The fraction of sp³-hybridized carbons (Fsp3) is 0.329. The number of pyridine rings is 8. The van der Waals surface area contributed by atoms with Crippen molar-refractivity contribution in [3.8, 4) is 24.3 Å². The van der Waals surface area contributed by atoms with Crippen LogP contribution in [0.4, 0.5) is 31.4 Å². The predicted molar refractivity (Wildman–Crippen MR) is 479 cm³/mol. The average molecular weight is 1760 g/mol. The lowest BCUT2D eigenvalue weighted by Crippen LogP contribution is -2.33. The molecule has 125 heavy (non-hydrogen) atoms. The van der Waals surface area contributed by atoms with Gasteiger partial charge in [-0.25, -0.2) is 19.4 Å². The number of amides is 1. The minimum Gasteiger partial charge on any atom is -0.444 e. The zero-order chi connectivity index (χ0) is 92.8. The number of carbonyl (C=O) groups is 3. The van der Waals surface area contributed by atoms with E-state index in [1.54, 1.807) is 73.3 Å². The van der Waals surface area contributed by atoms with Gasteiger partial charge in [-0.3, -0.25) is 65.2 Å². The third kappa shape index (κ3) is 42.5. The van der Waals surface area contributed by atoms with Crippen LogP contribution < -0.4 is 16.4 Å². The Kier molecular flexibility index (Phi) is 50.7. The number of nitrogens with zero attached hydrogens (tertiary/aromatic N) is 16. The Balaban J connectivity index is 0.000000697. The van der Waals surface area contributed by atoms with E-state index in [0.29, 0.717) is 25.9 Å². The number of H-pyrrole nitrogens is 5. The van der Waals surface area contributed by atoms with Crippen LogP contribution in [0.5, 0.6) is 0 Å². The predicted octanol–water partition coefficient (Wildman–Crippen LogP) is 16.5. The van der Waals surface area contributed by atoms with Crippen LogP contribution in [-0.4, -0.2) is 173 Å². The number of alkyl carbamates (subject to hydrolysis) is 1. The van der Waals surface area contributed by atoms with Crippen LogP contribution in [0, 0.1) is 75.7 Å². The first-order valence-electron chi connectivity index (χ1n) is 37.9. The smallest absolute Gasteiger partial charge is 0.444 e. The molecule has 0 aliphatic rings. The molecule has 0 aromatic carbocycles. The third-order valence-electron chi connectivity index (χ3n) is 14.6. The van der Waals surface area contributed by atoms with E-state index in [0.717, 1.165) is 92.8 Å². The van der Waals surface area contributed by atoms with E-state index >= 15 is 0 Å². The second kappa shape index (κ2) is 58.4. The van der Waals surface area contributed by atoms with Gasteiger partial charge in [-0.1, -0.05) is 18.5 Å². The zero-order valence-corrected chi connectivity index (χ0v) is 73.9. The highest BCUT2D eigenvalue weighted by Crippen LogP contribution is 2.25. The summed E-state index contributed by atoms with van der Waals surface area (Å²) in [5.74, 6) is -0.554. The van der Waals surface area contributed by atoms with Gasteiger partial charge in [-0.2, -0.15) is 21.0 Å². The number of carbonyl (C=O) groups excluding carboxylic acids is 3. The molecule has 13 heterocycles. The Morgan fingerprint density at radius 1 is 0.528 bits per heavy atom. The Labute approximate surface area is 734 Å². The number of aromatic nitrogens is 13. The maximum Gasteiger partial charge on any atom is 0.519 e. The van der Waals surface area contributed by atoms with Crippen molar-refractivity contribution >= 4 is 115 Å². The van der Waals surface area contributed by atoms with Crippen molar-refractivity contribution in [2.24, 2.45) is 5.73 Å². The van der Waals surface area contributed by atoms with Crippen LogP contribution >= 0.6 is 24.0 Å². The number of nitrogens with one attached hydrogen (secondary N) is 7. The number of fused-ring (bicyclic) bond motifs is 5. The lowest BCUT2D eigenvalue weighted by atomic mass is 10.1. The molecule has 0 saturated heterocycles. The number of halogens is 2. The van der Waals surface area contributed by atoms with Crippen LogP contribution in [0.25, 0.3) is 55.2 Å². The van der Waals surface area contributed by atoms with Crippen LogP contribution in [-0.2, 0) is 51.2 Å². The number of nitro groups is 3. The largest absolute Gasteiger partial charge is 0.519 e. The van der Waals surface area contributed by atoms with Crippen molar-refractivity contribution in [1.82, 2.24) is 80.3 Å². The second-order valence-electron chi connectivity index (χ2n) is 28.2. The summed E-state index contributed by atoms with van der Waals surface area (Å²) in [5, 5.41) is 76.4. The Morgan fingerprint density at radius 2 is 0.904 bits per heavy atom. The van der Waals surface area contributed by atoms with Gasteiger partial charge in [0, 0.05) is 137 Å². The molecule has 1 unspecified atom stereocenters. The molecule has 40 heteroatoms. The average Bonchev–Trinajstić information content (AvgIpc) is 1.70. The van der Waals surface area contributed by atoms with Crippen LogP contribution in [0.15, 0.2) is 184 Å². The van der Waals surface area contributed by atoms with E-state index < -0.39 is 49.8 Å². The maximum atomic E-state index is 11.5. The monoisotopic (exact) mass is 1760 g/mol. The highest BCUT2D eigenvalue weighted by atomic mass is 35.5. The van der Waals surface area contributed by atoms with Crippen molar-refractivity contribution in [3.05, 3.63) is 253 Å². The minimum atomic E-state index is -1.06. The summed E-state index contributed by atoms with van der Waals surface area (Å²) in [6.07, 6.45) is 22.9. The molecule has 1 amide bonds. The molecule has 664 valence electrons. The number of ether oxygens (including phenoxy) is 4. The molecule has 0 saturated carbocycles. The van der Waals surface area contributed by atoms with Crippen LogP contribution in [0.3, 0.4) is 0 Å². The van der Waals surface area contributed by atoms with E-state index in [1.807, 2.05) is 164 Å². The topological polar surface area (TPSA) is 568 Å². The van der Waals surface area contributed by atoms with Crippen molar-refractivity contribution in [2.75, 3.05) is 48.4 Å². The summed E-state index contributed by atoms with van der Waals surface area (Å²) in [5.41, 5.74) is 18.5. The van der Waals surface area contributed by atoms with Crippen LogP contribution in [0.2, 0.25) is 5.15 Å². The molecule has 38 nitrogen and oxygen atoms in total. The van der Waals surface area contributed by atoms with Gasteiger partial charge < -0.3 is 70.2 Å². The molecule has 0 radical (unpaired) electrons. The molecule has 1 atom stereocenters. The normalized spacial score (nSPS) is 10.2. The van der Waals surface area contributed by atoms with Gasteiger partial charge in [-0.15, -0.1) is 12.4 Å². The molecule has 0 aliphatic heterocycles. The first-order valence-corrected chi connectivity index (χ1v) is 38.3. The Morgan fingerprint density at radius 3 is 1.30 bits per heavy atom. The van der Waals surface area contributed by atoms with E-state index in [4.69, 9.17) is 57.7 Å². The molecular formula is C85H106Cl2N24O14. The molecule has 13 aromatic rings. The van der Waals surface area contributed by atoms with Gasteiger partial charge in [0.2, 0.25) is 5.15 Å². The van der Waals surface area contributed by atoms with Crippen molar-refractivity contribution in [1.29, 1.82) is 21.0 Å². The maximum absolute atomic E-state index is 11.5. The third-order valence-corrected chi connectivity index (χ3v) is 14.9. The van der Waals surface area contributed by atoms with E-state index in [9.17, 15) is 44.7 Å². The summed E-state index contributed by atoms with van der Waals surface area (Å²) < 4.78 is 19.0. The summed E-state index contributed by atoms with van der Waals surface area (Å²) in [7, 11) is 8.86. The number of aliphatic hydroxyl groups is 1. The van der Waals surface area contributed by atoms with Crippen molar-refractivity contribution in [2.45, 2.75) is 138 Å². The fourth-order valence-corrected chi connectivity index (χ4v) is 9.83. The standard InChI is InChI=1S/C14H19N3O2.C10H13N3.C10H18O5.C9H11N3.C9H7N3.C8H7N3O2.C7H5N3O2.C7H6N2.C5H3ClN2O2.C3H5N.C2H7N.CH4O.ClH/c1-14(2,3)19-13(18)16-8-6-10-9-17-11-5-4-7-15-12(10)11;1-13(2)7-8-6-12-9-4-3-5-11-10(8)9;1-9(2,3)14-7(11)13-8(12)15-10(4,5)6;2*10-4-3-7-6-12-8-2-1-5-11-9(7)8;1-6(5-9)8-7(11(12)13)3-2-4-10-8;8-4-3-6-7(10(11)12)2-1-5-9-6;1-2-6-7(8-4-1)3-5-9-6;6-5-4(8(9)10)2-1-3-7-5;1-2-3-4;1-3-2;1-2;/h4-5,7,9,17H,6,8H2,1-3H3,(H,16,18);3-6,12H,7H2,1-2H3;1-6H3;1-2,5-6,12H,3-4,10H2;1-2,5-6,12H,3H2;2-4,6H,1H3;1-2,5H,3H2;1-5,9H;1-3H;2H2,1H3;3H,1-2H3;2H,1H3;1H. The molecule has 13 rings (SSSR count). The lowest BCUT2D eigenvalue weighted by Gasteiger charge is -2.20. The highest BCUT2D eigenvalue weighted by molar-refractivity contribution is 6.31. The Bertz CT molecular complexity index is 5540. The number of hydrogen-bond acceptors (Lipinski definition) is 29. The fourth-order valence-electron chi connectivity index (χ4n) is 9.65. The van der Waals surface area contributed by atoms with Gasteiger partial charge in [0.1, 0.15) is 28.2 Å². The summed E-state index contributed by atoms with van der Waals surface area (Å²) in [4.78, 5) is 113. The molecule has 0 bridgehead atoms. The number of nitrogens with two attached hydrogens (primary N) is 1. The highest BCUT2D eigenvalue weighted by Gasteiger charge is 2.25. The van der Waals surface area contributed by atoms with E-state index in [2.05, 4.69) is 105 Å². The van der Waals surface area contributed by atoms with Gasteiger partial charge in [0.25, 0.3) is 11.4 Å². The molecule has 13 aromatic heterocycles. The summed E-state index contributed by atoms with van der Waals surface area (Å²) in [6.45, 7) is 21.1. The molecule has 0 aliphatic carbocycles. The molecule has 0 spiro atoms. The number of nitriles is 4. The quantitative estimate of drug-likeness (QED) is 0.0129.